The molecule has 0 aliphatic carbocycles. The lowest BCUT2D eigenvalue weighted by molar-refractivity contribution is -0.140. The number of nitrogens with zero attached hydrogens (tertiary/aromatic N) is 2. The Labute approximate surface area is 180 Å². The van der Waals surface area contributed by atoms with Gasteiger partial charge in [-0.25, -0.2) is 4.39 Å². The van der Waals surface area contributed by atoms with Crippen LogP contribution >= 0.6 is 15.9 Å². The minimum absolute atomic E-state index is 0.0372. The maximum Gasteiger partial charge on any atom is 0.296 e. The third-order valence-corrected chi connectivity index (χ3v) is 5.43. The zero-order valence-electron chi connectivity index (χ0n) is 15.6. The molecule has 5 nitrogen and oxygen atoms in total. The van der Waals surface area contributed by atoms with Gasteiger partial charge in [0, 0.05) is 16.2 Å². The van der Waals surface area contributed by atoms with Crippen molar-refractivity contribution in [3.8, 4) is 0 Å². The highest BCUT2D eigenvalue weighted by atomic mass is 79.9. The predicted molar refractivity (Wildman–Crippen MR) is 113 cm³/mol. The normalized spacial score (nSPS) is 18.1. The van der Waals surface area contributed by atoms with Crippen LogP contribution in [-0.2, 0) is 16.1 Å². The number of likely N-dealkylation sites (tertiary alicyclic amines) is 1. The van der Waals surface area contributed by atoms with Gasteiger partial charge in [0.1, 0.15) is 11.6 Å². The summed E-state index contributed by atoms with van der Waals surface area (Å²) in [7, 11) is 0. The molecule has 1 amide bonds. The van der Waals surface area contributed by atoms with Crippen LogP contribution in [0.4, 0.5) is 4.39 Å². The Morgan fingerprint density at radius 1 is 1.03 bits per heavy atom. The third-order valence-electron chi connectivity index (χ3n) is 4.90. The highest BCUT2D eigenvalue weighted by molar-refractivity contribution is 9.10. The maximum atomic E-state index is 13.5. The summed E-state index contributed by atoms with van der Waals surface area (Å²) in [6, 6.07) is 16.7. The Kier molecular flexibility index (Phi) is 5.46. The van der Waals surface area contributed by atoms with Gasteiger partial charge >= 0.3 is 0 Å². The number of halogens is 2. The highest BCUT2D eigenvalue weighted by Crippen LogP contribution is 2.40. The maximum absolute atomic E-state index is 13.5. The third kappa shape index (κ3) is 3.76. The number of benzene rings is 2. The zero-order chi connectivity index (χ0) is 21.3. The average molecular weight is 467 g/mol. The van der Waals surface area contributed by atoms with E-state index in [9.17, 15) is 19.1 Å². The van der Waals surface area contributed by atoms with Crippen LogP contribution in [0.2, 0.25) is 0 Å². The average Bonchev–Trinajstić information content (AvgIpc) is 3.00. The number of amides is 1. The molecule has 1 unspecified atom stereocenters. The summed E-state index contributed by atoms with van der Waals surface area (Å²) in [5, 5.41) is 10.9. The molecule has 1 aliphatic heterocycles. The largest absolute Gasteiger partial charge is 0.507 e. The van der Waals surface area contributed by atoms with E-state index in [0.717, 1.165) is 4.47 Å². The standard InChI is InChI=1S/C23H16BrFN2O3/c24-16-8-4-15(5-9-16)21(28)19-20(14-6-10-17(25)11-7-14)27(23(30)22(19)29)13-18-3-1-2-12-26-18/h1-12,20,28H,13H2/b21-19+. The Balaban J connectivity index is 1.85. The van der Waals surface area contributed by atoms with Crippen molar-refractivity contribution in [3.05, 3.63) is 106 Å². The molecule has 0 spiro atoms. The quantitative estimate of drug-likeness (QED) is 0.346. The minimum atomic E-state index is -0.865. The van der Waals surface area contributed by atoms with Crippen LogP contribution in [0.15, 0.2) is 83.0 Å². The Morgan fingerprint density at radius 2 is 1.73 bits per heavy atom. The van der Waals surface area contributed by atoms with E-state index in [1.807, 2.05) is 0 Å². The van der Waals surface area contributed by atoms with Crippen molar-refractivity contribution < 1.29 is 19.1 Å². The molecule has 7 heteroatoms. The lowest BCUT2D eigenvalue weighted by atomic mass is 9.95. The molecule has 0 radical (unpaired) electrons. The molecular formula is C23H16BrFN2O3. The smallest absolute Gasteiger partial charge is 0.296 e. The van der Waals surface area contributed by atoms with Gasteiger partial charge in [0.15, 0.2) is 0 Å². The first kappa shape index (κ1) is 20.0. The summed E-state index contributed by atoms with van der Waals surface area (Å²) in [4.78, 5) is 31.4. The Morgan fingerprint density at radius 3 is 2.37 bits per heavy atom. The van der Waals surface area contributed by atoms with Gasteiger partial charge in [0.2, 0.25) is 0 Å². The number of aromatic nitrogens is 1. The lowest BCUT2D eigenvalue weighted by Gasteiger charge is -2.25. The van der Waals surface area contributed by atoms with E-state index in [2.05, 4.69) is 20.9 Å². The molecule has 1 atom stereocenters. The first-order chi connectivity index (χ1) is 14.5. The molecule has 1 fully saturated rings. The second kappa shape index (κ2) is 8.20. The van der Waals surface area contributed by atoms with Crippen molar-refractivity contribution >= 4 is 33.4 Å². The molecule has 1 N–H and O–H groups in total. The van der Waals surface area contributed by atoms with E-state index < -0.39 is 23.5 Å². The summed E-state index contributed by atoms with van der Waals surface area (Å²) < 4.78 is 14.3. The van der Waals surface area contributed by atoms with Crippen LogP contribution in [0.3, 0.4) is 0 Å². The summed E-state index contributed by atoms with van der Waals surface area (Å²) in [5.41, 5.74) is 1.48. The number of pyridine rings is 1. The van der Waals surface area contributed by atoms with Crippen molar-refractivity contribution in [2.24, 2.45) is 0 Å². The van der Waals surface area contributed by atoms with E-state index in [1.54, 1.807) is 48.7 Å². The first-order valence-corrected chi connectivity index (χ1v) is 9.94. The number of hydrogen-bond acceptors (Lipinski definition) is 4. The van der Waals surface area contributed by atoms with Crippen LogP contribution in [0.25, 0.3) is 5.76 Å². The molecule has 4 rings (SSSR count). The molecule has 2 heterocycles. The van der Waals surface area contributed by atoms with Gasteiger partial charge in [-0.2, -0.15) is 0 Å². The van der Waals surface area contributed by atoms with Crippen LogP contribution in [-0.4, -0.2) is 26.7 Å². The number of hydrogen-bond donors (Lipinski definition) is 1. The van der Waals surface area contributed by atoms with Gasteiger partial charge in [-0.3, -0.25) is 14.6 Å². The first-order valence-electron chi connectivity index (χ1n) is 9.15. The van der Waals surface area contributed by atoms with Gasteiger partial charge in [0.25, 0.3) is 11.7 Å². The lowest BCUT2D eigenvalue weighted by Crippen LogP contribution is -2.29. The van der Waals surface area contributed by atoms with Crippen molar-refractivity contribution in [2.75, 3.05) is 0 Å². The monoisotopic (exact) mass is 466 g/mol. The number of carbonyl (C=O) groups excluding carboxylic acids is 2. The van der Waals surface area contributed by atoms with Crippen LogP contribution in [0, 0.1) is 5.82 Å². The zero-order valence-corrected chi connectivity index (χ0v) is 17.2. The molecule has 1 saturated heterocycles. The van der Waals surface area contributed by atoms with Crippen molar-refractivity contribution in [1.29, 1.82) is 0 Å². The second-order valence-electron chi connectivity index (χ2n) is 6.81. The molecule has 0 saturated carbocycles. The number of carbonyl (C=O) groups is 2. The fourth-order valence-electron chi connectivity index (χ4n) is 3.46. The van der Waals surface area contributed by atoms with E-state index in [0.29, 0.717) is 16.8 Å². The molecule has 3 aromatic rings. The Hall–Kier alpha value is -3.32. The fourth-order valence-corrected chi connectivity index (χ4v) is 3.73. The number of aliphatic hydroxyl groups is 1. The van der Waals surface area contributed by atoms with Crippen LogP contribution in [0.5, 0.6) is 0 Å². The summed E-state index contributed by atoms with van der Waals surface area (Å²) >= 11 is 3.33. The van der Waals surface area contributed by atoms with E-state index in [4.69, 9.17) is 0 Å². The number of aliphatic hydroxyl groups excluding tert-OH is 1. The summed E-state index contributed by atoms with van der Waals surface area (Å²) in [5.74, 6) is -2.25. The molecular weight excluding hydrogens is 451 g/mol. The van der Waals surface area contributed by atoms with Crippen molar-refractivity contribution in [1.82, 2.24) is 9.88 Å². The van der Waals surface area contributed by atoms with E-state index in [1.165, 1.54) is 29.2 Å². The summed E-state index contributed by atoms with van der Waals surface area (Å²) in [6.45, 7) is 0.0740. The topological polar surface area (TPSA) is 70.5 Å². The van der Waals surface area contributed by atoms with Crippen molar-refractivity contribution in [2.45, 2.75) is 12.6 Å². The second-order valence-corrected chi connectivity index (χ2v) is 7.72. The number of rotatable bonds is 4. The van der Waals surface area contributed by atoms with Gasteiger partial charge in [-0.05, 0) is 42.0 Å². The molecule has 1 aliphatic rings. The van der Waals surface area contributed by atoms with Gasteiger partial charge < -0.3 is 10.0 Å². The minimum Gasteiger partial charge on any atom is -0.507 e. The van der Waals surface area contributed by atoms with Gasteiger partial charge in [0.05, 0.1) is 23.9 Å². The molecule has 2 aromatic carbocycles. The number of Topliss-reactive ketones (excluding diaryl/α,β-unsaturated/α-hetero) is 1. The molecule has 0 bridgehead atoms. The fraction of sp³-hybridized carbons (Fsp3) is 0.0870. The SMILES string of the molecule is O=C1C(=O)N(Cc2ccccn2)C(c2ccc(F)cc2)/C1=C(\O)c1ccc(Br)cc1. The molecule has 150 valence electrons. The highest BCUT2D eigenvalue weighted by Gasteiger charge is 2.46. The van der Waals surface area contributed by atoms with Crippen LogP contribution in [0.1, 0.15) is 22.9 Å². The van der Waals surface area contributed by atoms with Crippen molar-refractivity contribution in [3.63, 3.8) is 0 Å². The van der Waals surface area contributed by atoms with Crippen LogP contribution < -0.4 is 0 Å². The van der Waals surface area contributed by atoms with E-state index >= 15 is 0 Å². The molecule has 1 aromatic heterocycles. The number of ketones is 1. The summed E-state index contributed by atoms with van der Waals surface area (Å²) in [6.07, 6.45) is 1.60. The predicted octanol–water partition coefficient (Wildman–Crippen LogP) is 4.61. The van der Waals surface area contributed by atoms with E-state index in [-0.39, 0.29) is 17.9 Å². The van der Waals surface area contributed by atoms with Gasteiger partial charge in [-0.1, -0.05) is 46.3 Å². The molecule has 30 heavy (non-hydrogen) atoms. The van der Waals surface area contributed by atoms with Gasteiger partial charge in [-0.15, -0.1) is 0 Å². The Bertz CT molecular complexity index is 1130.